The third-order valence-electron chi connectivity index (χ3n) is 3.04. The van der Waals surface area contributed by atoms with Gasteiger partial charge in [-0.3, -0.25) is 0 Å². The van der Waals surface area contributed by atoms with Gasteiger partial charge in [-0.15, -0.1) is 0 Å². The Morgan fingerprint density at radius 2 is 2.04 bits per heavy atom. The molecule has 1 aromatic carbocycles. The van der Waals surface area contributed by atoms with E-state index in [0.717, 1.165) is 9.91 Å². The molecule has 0 fully saturated rings. The van der Waals surface area contributed by atoms with Crippen molar-refractivity contribution in [2.75, 3.05) is 5.32 Å². The summed E-state index contributed by atoms with van der Waals surface area (Å²) in [7, 11) is 0. The zero-order chi connectivity index (χ0) is 17.0. The van der Waals surface area contributed by atoms with Crippen LogP contribution in [0.2, 0.25) is 0 Å². The first-order valence-corrected chi connectivity index (χ1v) is 10.1. The average Bonchev–Trinajstić information content (AvgIpc) is 2.91. The molecule has 0 saturated carbocycles. The second-order valence-electron chi connectivity index (χ2n) is 6.54. The number of hydrogen-bond donors (Lipinski definition) is 1. The van der Waals surface area contributed by atoms with Crippen molar-refractivity contribution in [2.45, 2.75) is 34.1 Å². The summed E-state index contributed by atoms with van der Waals surface area (Å²) in [6.45, 7) is 8.18. The predicted molar refractivity (Wildman–Crippen MR) is 95.7 cm³/mol. The number of hydrogen-bond acceptors (Lipinski definition) is 4. The second-order valence-corrected chi connectivity index (χ2v) is 9.96. The zero-order valence-corrected chi connectivity index (χ0v) is 16.4. The fraction of sp³-hybridized carbons (Fsp3) is 0.353. The van der Waals surface area contributed by atoms with E-state index in [-0.39, 0.29) is 11.3 Å². The molecule has 1 N–H and O–H groups in total. The van der Waals surface area contributed by atoms with Gasteiger partial charge in [0.25, 0.3) is 0 Å². The number of nitrogens with one attached hydrogen (secondary N) is 1. The van der Waals surface area contributed by atoms with Gasteiger partial charge in [-0.05, 0) is 0 Å². The third kappa shape index (κ3) is 5.59. The van der Waals surface area contributed by atoms with E-state index in [1.807, 2.05) is 24.4 Å². The van der Waals surface area contributed by atoms with E-state index in [2.05, 4.69) is 31.1 Å². The molecular formula is C17H20AsN2O2S. The van der Waals surface area contributed by atoms with Crippen molar-refractivity contribution in [1.82, 2.24) is 4.98 Å². The molecule has 0 unspecified atom stereocenters. The minimum atomic E-state index is -0.517. The Morgan fingerprint density at radius 3 is 2.61 bits per heavy atom. The van der Waals surface area contributed by atoms with E-state index >= 15 is 0 Å². The Labute approximate surface area is 147 Å². The average molecular weight is 391 g/mol. The van der Waals surface area contributed by atoms with Crippen LogP contribution in [0.4, 0.5) is 5.13 Å². The molecule has 1 heterocycles. The predicted octanol–water partition coefficient (Wildman–Crippen LogP) is 3.00. The summed E-state index contributed by atoms with van der Waals surface area (Å²) in [6.07, 6.45) is 2.25. The number of aromatic nitrogens is 1. The molecule has 0 bridgehead atoms. The number of nitrogens with zero attached hydrogens (tertiary/aromatic N) is 1. The van der Waals surface area contributed by atoms with E-state index in [0.29, 0.717) is 21.7 Å². The van der Waals surface area contributed by atoms with Crippen LogP contribution in [-0.2, 0) is 4.79 Å². The van der Waals surface area contributed by atoms with Crippen LogP contribution in [0, 0.1) is 12.3 Å². The maximum absolute atomic E-state index is 12.2. The summed E-state index contributed by atoms with van der Waals surface area (Å²) >= 11 is 0.867. The molecule has 1 aromatic heterocycles. The van der Waals surface area contributed by atoms with Crippen LogP contribution in [-0.4, -0.2) is 31.2 Å². The number of anilines is 1. The van der Waals surface area contributed by atoms with E-state index < -0.39 is 15.8 Å². The normalized spacial score (nSPS) is 11.8. The molecule has 2 rings (SSSR count). The van der Waals surface area contributed by atoms with Crippen LogP contribution in [0.1, 0.15) is 43.1 Å². The topological polar surface area (TPSA) is 59.1 Å². The molecule has 0 aliphatic rings. The van der Waals surface area contributed by atoms with Gasteiger partial charge in [0, 0.05) is 0 Å². The van der Waals surface area contributed by atoms with Gasteiger partial charge in [0.2, 0.25) is 0 Å². The number of thiazole rings is 1. The van der Waals surface area contributed by atoms with Gasteiger partial charge in [-0.2, -0.15) is 0 Å². The molecule has 6 heteroatoms. The number of carbonyl (C=O) groups is 2. The van der Waals surface area contributed by atoms with Crippen molar-refractivity contribution < 1.29 is 9.59 Å². The molecular weight excluding hydrogens is 371 g/mol. The number of carbonyl (C=O) groups excluding carboxylic acids is 2. The van der Waals surface area contributed by atoms with Crippen molar-refractivity contribution in [2.24, 2.45) is 5.41 Å². The standard InChI is InChI=1S/C17H20AsN2O2S/c1-11-9-12(15(22)20-16-19-7-8-23-16)5-6-13(11)18-14(21)10-17(2,3)4/h5-9H,10H2,1-4H3,(H,19,20,22). The molecule has 4 nitrogen and oxygen atoms in total. The molecule has 1 radical (unpaired) electrons. The van der Waals surface area contributed by atoms with Gasteiger partial charge < -0.3 is 0 Å². The monoisotopic (exact) mass is 391 g/mol. The summed E-state index contributed by atoms with van der Waals surface area (Å²) in [6, 6.07) is 5.54. The van der Waals surface area contributed by atoms with Crippen molar-refractivity contribution in [3.05, 3.63) is 40.9 Å². The van der Waals surface area contributed by atoms with Gasteiger partial charge in [0.1, 0.15) is 0 Å². The third-order valence-corrected chi connectivity index (χ3v) is 6.14. The molecule has 0 saturated heterocycles. The summed E-state index contributed by atoms with van der Waals surface area (Å²) < 4.78 is 1.39. The first kappa shape index (κ1) is 17.9. The second kappa shape index (κ2) is 7.41. The fourth-order valence-corrected chi connectivity index (χ4v) is 5.07. The number of benzene rings is 1. The Bertz CT molecular complexity index is 706. The van der Waals surface area contributed by atoms with Crippen LogP contribution in [0.25, 0.3) is 0 Å². The van der Waals surface area contributed by atoms with Gasteiger partial charge in [0.15, 0.2) is 0 Å². The van der Waals surface area contributed by atoms with Crippen LogP contribution < -0.4 is 9.67 Å². The molecule has 2 aromatic rings. The van der Waals surface area contributed by atoms with Crippen LogP contribution in [0.5, 0.6) is 0 Å². The summed E-state index contributed by atoms with van der Waals surface area (Å²) in [4.78, 5) is 28.4. The van der Waals surface area contributed by atoms with Gasteiger partial charge in [-0.25, -0.2) is 0 Å². The SMILES string of the molecule is Cc1cc(C(=O)Nc2nccs2)ccc1[As]C(=O)CC(C)(C)C. The minimum absolute atomic E-state index is 0.0220. The zero-order valence-electron chi connectivity index (χ0n) is 13.7. The summed E-state index contributed by atoms with van der Waals surface area (Å²) in [5.41, 5.74) is 1.61. The van der Waals surface area contributed by atoms with Gasteiger partial charge >= 0.3 is 147 Å². The molecule has 23 heavy (non-hydrogen) atoms. The van der Waals surface area contributed by atoms with Crippen molar-refractivity contribution in [3.8, 4) is 0 Å². The fourth-order valence-electron chi connectivity index (χ4n) is 2.00. The summed E-state index contributed by atoms with van der Waals surface area (Å²) in [5, 5.41) is 5.17. The Morgan fingerprint density at radius 1 is 1.30 bits per heavy atom. The van der Waals surface area contributed by atoms with Crippen LogP contribution in [0.3, 0.4) is 0 Å². The molecule has 0 atom stereocenters. The molecule has 0 aliphatic heterocycles. The van der Waals surface area contributed by atoms with Crippen molar-refractivity contribution in [1.29, 1.82) is 0 Å². The maximum atomic E-state index is 12.2. The summed E-state index contributed by atoms with van der Waals surface area (Å²) in [5.74, 6) is -0.174. The Balaban J connectivity index is 2.05. The van der Waals surface area contributed by atoms with Gasteiger partial charge in [-0.1, -0.05) is 0 Å². The van der Waals surface area contributed by atoms with Crippen LogP contribution in [0.15, 0.2) is 29.8 Å². The quantitative estimate of drug-likeness (QED) is 0.798. The van der Waals surface area contributed by atoms with E-state index in [1.54, 1.807) is 12.3 Å². The van der Waals surface area contributed by atoms with E-state index in [1.165, 1.54) is 11.3 Å². The van der Waals surface area contributed by atoms with Crippen LogP contribution >= 0.6 is 11.3 Å². The molecule has 0 spiro atoms. The first-order valence-electron chi connectivity index (χ1n) is 7.31. The Hall–Kier alpha value is -1.45. The van der Waals surface area contributed by atoms with Crippen molar-refractivity contribution in [3.63, 3.8) is 0 Å². The van der Waals surface area contributed by atoms with E-state index in [4.69, 9.17) is 0 Å². The number of amides is 1. The molecule has 121 valence electrons. The molecule has 0 aliphatic carbocycles. The van der Waals surface area contributed by atoms with E-state index in [9.17, 15) is 9.59 Å². The number of rotatable bonds is 5. The van der Waals surface area contributed by atoms with Crippen molar-refractivity contribution >= 4 is 47.0 Å². The Kier molecular flexibility index (Phi) is 5.77. The first-order chi connectivity index (χ1) is 10.7. The molecule has 1 amide bonds. The number of aryl methyl sites for hydroxylation is 1. The van der Waals surface area contributed by atoms with Gasteiger partial charge in [0.05, 0.1) is 0 Å².